The van der Waals surface area contributed by atoms with Crippen molar-refractivity contribution >= 4 is 17.6 Å². The number of hydrogen-bond donors (Lipinski definition) is 1. The van der Waals surface area contributed by atoms with E-state index in [2.05, 4.69) is 5.10 Å². The molecule has 1 heterocycles. The van der Waals surface area contributed by atoms with Crippen LogP contribution in [-0.4, -0.2) is 20.9 Å². The van der Waals surface area contributed by atoms with E-state index in [0.29, 0.717) is 0 Å². The summed E-state index contributed by atoms with van der Waals surface area (Å²) in [5, 5.41) is 12.6. The molecule has 0 aliphatic carbocycles. The SMILES string of the molecule is O=C(O)c1ccc(=O)n(Cc2c(F)cccc2Cl)n1. The predicted octanol–water partition coefficient (Wildman–Crippen LogP) is 1.78. The summed E-state index contributed by atoms with van der Waals surface area (Å²) in [5.74, 6) is -1.85. The molecule has 0 amide bonds. The number of aromatic carboxylic acids is 1. The van der Waals surface area contributed by atoms with Gasteiger partial charge >= 0.3 is 5.97 Å². The molecule has 98 valence electrons. The quantitative estimate of drug-likeness (QED) is 0.931. The van der Waals surface area contributed by atoms with Crippen LogP contribution in [0.4, 0.5) is 4.39 Å². The lowest BCUT2D eigenvalue weighted by Crippen LogP contribution is -2.25. The number of rotatable bonds is 3. The number of benzene rings is 1. The van der Waals surface area contributed by atoms with Crippen LogP contribution in [0.2, 0.25) is 5.02 Å². The number of carboxylic acid groups (broad SMARTS) is 1. The van der Waals surface area contributed by atoms with Crippen LogP contribution in [0.3, 0.4) is 0 Å². The van der Waals surface area contributed by atoms with Gasteiger partial charge in [-0.2, -0.15) is 5.10 Å². The molecule has 1 aromatic heterocycles. The van der Waals surface area contributed by atoms with Crippen LogP contribution in [0.15, 0.2) is 35.1 Å². The van der Waals surface area contributed by atoms with Gasteiger partial charge in [-0.1, -0.05) is 17.7 Å². The van der Waals surface area contributed by atoms with Gasteiger partial charge < -0.3 is 5.11 Å². The highest BCUT2D eigenvalue weighted by Crippen LogP contribution is 2.19. The van der Waals surface area contributed by atoms with Gasteiger partial charge in [-0.25, -0.2) is 13.9 Å². The van der Waals surface area contributed by atoms with Crippen molar-refractivity contribution in [1.82, 2.24) is 9.78 Å². The minimum Gasteiger partial charge on any atom is -0.476 e. The highest BCUT2D eigenvalue weighted by molar-refractivity contribution is 6.31. The fourth-order valence-corrected chi connectivity index (χ4v) is 1.73. The Bertz CT molecular complexity index is 679. The summed E-state index contributed by atoms with van der Waals surface area (Å²) in [4.78, 5) is 22.3. The number of carboxylic acids is 1. The molecule has 0 unspecified atom stereocenters. The normalized spacial score (nSPS) is 10.4. The molecule has 19 heavy (non-hydrogen) atoms. The topological polar surface area (TPSA) is 72.2 Å². The maximum Gasteiger partial charge on any atom is 0.356 e. The standard InChI is InChI=1S/C12H8ClFN2O3/c13-8-2-1-3-9(14)7(8)6-16-11(17)5-4-10(15-16)12(18)19/h1-5H,6H2,(H,18,19). The van der Waals surface area contributed by atoms with Gasteiger partial charge in [-0.05, 0) is 18.2 Å². The van der Waals surface area contributed by atoms with Crippen molar-refractivity contribution in [3.63, 3.8) is 0 Å². The molecule has 2 rings (SSSR count). The zero-order valence-corrected chi connectivity index (χ0v) is 10.3. The molecule has 0 aliphatic rings. The first-order valence-corrected chi connectivity index (χ1v) is 5.61. The molecule has 0 aliphatic heterocycles. The fraction of sp³-hybridized carbons (Fsp3) is 0.0833. The fourth-order valence-electron chi connectivity index (χ4n) is 1.51. The second kappa shape index (κ2) is 5.19. The lowest BCUT2D eigenvalue weighted by molar-refractivity contribution is 0.0687. The van der Waals surface area contributed by atoms with E-state index in [1.807, 2.05) is 0 Å². The zero-order valence-electron chi connectivity index (χ0n) is 9.51. The first kappa shape index (κ1) is 13.2. The van der Waals surface area contributed by atoms with E-state index in [4.69, 9.17) is 16.7 Å². The molecule has 1 aromatic carbocycles. The van der Waals surface area contributed by atoms with Crippen LogP contribution >= 0.6 is 11.6 Å². The van der Waals surface area contributed by atoms with Crippen molar-refractivity contribution in [1.29, 1.82) is 0 Å². The lowest BCUT2D eigenvalue weighted by Gasteiger charge is -2.08. The summed E-state index contributed by atoms with van der Waals surface area (Å²) < 4.78 is 14.4. The molecule has 0 spiro atoms. The smallest absolute Gasteiger partial charge is 0.356 e. The molecule has 7 heteroatoms. The minimum absolute atomic E-state index is 0.0845. The Hall–Kier alpha value is -2.21. The molecule has 0 saturated heterocycles. The maximum absolute atomic E-state index is 13.6. The van der Waals surface area contributed by atoms with E-state index in [1.54, 1.807) is 0 Å². The Morgan fingerprint density at radius 1 is 1.37 bits per heavy atom. The van der Waals surface area contributed by atoms with Crippen LogP contribution in [0.1, 0.15) is 16.1 Å². The summed E-state index contributed by atoms with van der Waals surface area (Å²) in [5.41, 5.74) is -0.752. The van der Waals surface area contributed by atoms with Crippen molar-refractivity contribution in [3.05, 3.63) is 62.8 Å². The van der Waals surface area contributed by atoms with Crippen LogP contribution in [0, 0.1) is 5.82 Å². The van der Waals surface area contributed by atoms with E-state index in [1.165, 1.54) is 18.2 Å². The Morgan fingerprint density at radius 3 is 2.74 bits per heavy atom. The van der Waals surface area contributed by atoms with Crippen molar-refractivity contribution < 1.29 is 14.3 Å². The highest BCUT2D eigenvalue weighted by Gasteiger charge is 2.11. The van der Waals surface area contributed by atoms with Crippen LogP contribution in [0.5, 0.6) is 0 Å². The van der Waals surface area contributed by atoms with E-state index in [-0.39, 0.29) is 22.8 Å². The second-order valence-corrected chi connectivity index (χ2v) is 4.13. The van der Waals surface area contributed by atoms with Crippen molar-refractivity contribution in [2.45, 2.75) is 6.54 Å². The van der Waals surface area contributed by atoms with Crippen molar-refractivity contribution in [2.24, 2.45) is 0 Å². The van der Waals surface area contributed by atoms with E-state index in [9.17, 15) is 14.0 Å². The maximum atomic E-state index is 13.6. The molecule has 0 radical (unpaired) electrons. The lowest BCUT2D eigenvalue weighted by atomic mass is 10.2. The summed E-state index contributed by atoms with van der Waals surface area (Å²) in [6, 6.07) is 6.26. The van der Waals surface area contributed by atoms with Gasteiger partial charge in [0.2, 0.25) is 0 Å². The third kappa shape index (κ3) is 2.79. The van der Waals surface area contributed by atoms with Gasteiger partial charge in [-0.3, -0.25) is 4.79 Å². The van der Waals surface area contributed by atoms with Crippen LogP contribution in [-0.2, 0) is 6.54 Å². The minimum atomic E-state index is -1.27. The Labute approximate surface area is 111 Å². The number of halogens is 2. The monoisotopic (exact) mass is 282 g/mol. The van der Waals surface area contributed by atoms with E-state index >= 15 is 0 Å². The molecule has 0 bridgehead atoms. The van der Waals surface area contributed by atoms with Gasteiger partial charge in [-0.15, -0.1) is 0 Å². The molecular weight excluding hydrogens is 275 g/mol. The van der Waals surface area contributed by atoms with Gasteiger partial charge in [0.15, 0.2) is 5.69 Å². The van der Waals surface area contributed by atoms with Crippen LogP contribution in [0.25, 0.3) is 0 Å². The second-order valence-electron chi connectivity index (χ2n) is 3.72. The van der Waals surface area contributed by atoms with Gasteiger partial charge in [0.05, 0.1) is 6.54 Å². The van der Waals surface area contributed by atoms with E-state index < -0.39 is 17.3 Å². The summed E-state index contributed by atoms with van der Waals surface area (Å²) >= 11 is 5.83. The molecular formula is C12H8ClFN2O3. The number of nitrogens with zero attached hydrogens (tertiary/aromatic N) is 2. The number of hydrogen-bond acceptors (Lipinski definition) is 3. The predicted molar refractivity (Wildman–Crippen MR) is 66.0 cm³/mol. The Morgan fingerprint density at radius 2 is 2.11 bits per heavy atom. The van der Waals surface area contributed by atoms with Crippen molar-refractivity contribution in [2.75, 3.05) is 0 Å². The average Bonchev–Trinajstić information content (AvgIpc) is 2.35. The van der Waals surface area contributed by atoms with Gasteiger partial charge in [0.1, 0.15) is 5.82 Å². The van der Waals surface area contributed by atoms with Crippen molar-refractivity contribution in [3.8, 4) is 0 Å². The largest absolute Gasteiger partial charge is 0.476 e. The molecule has 2 aromatic rings. The average molecular weight is 283 g/mol. The summed E-state index contributed by atoms with van der Waals surface area (Å²) in [6.07, 6.45) is 0. The van der Waals surface area contributed by atoms with Gasteiger partial charge in [0, 0.05) is 16.7 Å². The van der Waals surface area contributed by atoms with E-state index in [0.717, 1.165) is 16.8 Å². The number of carbonyl (C=O) groups is 1. The molecule has 1 N–H and O–H groups in total. The Kier molecular flexibility index (Phi) is 3.62. The molecule has 0 atom stereocenters. The molecule has 0 fully saturated rings. The number of aromatic nitrogens is 2. The molecule has 5 nitrogen and oxygen atoms in total. The first-order chi connectivity index (χ1) is 8.99. The third-order valence-electron chi connectivity index (χ3n) is 2.46. The zero-order chi connectivity index (χ0) is 14.0. The Balaban J connectivity index is 2.46. The summed E-state index contributed by atoms with van der Waals surface area (Å²) in [7, 11) is 0. The van der Waals surface area contributed by atoms with Crippen LogP contribution < -0.4 is 5.56 Å². The summed E-state index contributed by atoms with van der Waals surface area (Å²) in [6.45, 7) is -0.231. The van der Waals surface area contributed by atoms with Gasteiger partial charge in [0.25, 0.3) is 5.56 Å². The molecule has 0 saturated carbocycles. The third-order valence-corrected chi connectivity index (χ3v) is 2.81. The first-order valence-electron chi connectivity index (χ1n) is 5.23. The highest BCUT2D eigenvalue weighted by atomic mass is 35.5.